The second kappa shape index (κ2) is 11.5. The maximum Gasteiger partial charge on any atom is 0.416 e. The molecule has 0 unspecified atom stereocenters. The Morgan fingerprint density at radius 3 is 2.54 bits per heavy atom. The van der Waals surface area contributed by atoms with Crippen molar-refractivity contribution in [2.24, 2.45) is 7.05 Å². The smallest absolute Gasteiger partial charge is 0.379 e. The highest BCUT2D eigenvalue weighted by Gasteiger charge is 2.30. The molecule has 1 aliphatic heterocycles. The SMILES string of the molecule is Cn1nc(-c2ccc(NC(=S)Nc3cccc(C(F)(F)F)c3)cc2)c2cnc(NCCN3CCOCC3)nc21. The summed E-state index contributed by atoms with van der Waals surface area (Å²) in [5.74, 6) is 0.548. The summed E-state index contributed by atoms with van der Waals surface area (Å²) in [5, 5.41) is 14.7. The molecule has 0 atom stereocenters. The molecule has 1 saturated heterocycles. The maximum atomic E-state index is 13.0. The van der Waals surface area contributed by atoms with Crippen LogP contribution in [0.3, 0.4) is 0 Å². The highest BCUT2D eigenvalue weighted by atomic mass is 32.1. The van der Waals surface area contributed by atoms with Crippen molar-refractivity contribution >= 4 is 45.7 Å². The van der Waals surface area contributed by atoms with Crippen molar-refractivity contribution in [1.82, 2.24) is 24.6 Å². The summed E-state index contributed by atoms with van der Waals surface area (Å²) in [4.78, 5) is 11.5. The summed E-state index contributed by atoms with van der Waals surface area (Å²) in [6.07, 6.45) is -2.66. The highest BCUT2D eigenvalue weighted by molar-refractivity contribution is 7.80. The monoisotopic (exact) mass is 556 g/mol. The third-order valence-electron chi connectivity index (χ3n) is 6.26. The van der Waals surface area contributed by atoms with Crippen LogP contribution in [0.5, 0.6) is 0 Å². The zero-order valence-electron chi connectivity index (χ0n) is 21.1. The minimum Gasteiger partial charge on any atom is -0.379 e. The van der Waals surface area contributed by atoms with E-state index < -0.39 is 11.7 Å². The fraction of sp³-hybridized carbons (Fsp3) is 0.308. The number of nitrogens with one attached hydrogen (secondary N) is 3. The van der Waals surface area contributed by atoms with E-state index >= 15 is 0 Å². The van der Waals surface area contributed by atoms with Crippen LogP contribution >= 0.6 is 12.2 Å². The van der Waals surface area contributed by atoms with E-state index in [1.54, 1.807) is 10.9 Å². The van der Waals surface area contributed by atoms with Crippen molar-refractivity contribution in [3.63, 3.8) is 0 Å². The Morgan fingerprint density at radius 2 is 1.79 bits per heavy atom. The van der Waals surface area contributed by atoms with Crippen LogP contribution in [0.1, 0.15) is 5.56 Å². The molecule has 0 amide bonds. The van der Waals surface area contributed by atoms with Crippen molar-refractivity contribution in [1.29, 1.82) is 0 Å². The van der Waals surface area contributed by atoms with Crippen molar-refractivity contribution in [2.45, 2.75) is 6.18 Å². The number of nitrogens with zero attached hydrogens (tertiary/aromatic N) is 5. The molecule has 1 fully saturated rings. The van der Waals surface area contributed by atoms with Gasteiger partial charge in [-0.05, 0) is 42.5 Å². The summed E-state index contributed by atoms with van der Waals surface area (Å²) < 4.78 is 46.0. The van der Waals surface area contributed by atoms with Gasteiger partial charge in [0.2, 0.25) is 5.95 Å². The van der Waals surface area contributed by atoms with E-state index in [9.17, 15) is 13.2 Å². The predicted molar refractivity (Wildman–Crippen MR) is 149 cm³/mol. The van der Waals surface area contributed by atoms with Gasteiger partial charge in [-0.15, -0.1) is 0 Å². The van der Waals surface area contributed by atoms with Gasteiger partial charge in [0, 0.05) is 56.4 Å². The third kappa shape index (κ3) is 6.61. The van der Waals surface area contributed by atoms with Crippen LogP contribution in [0.4, 0.5) is 30.5 Å². The van der Waals surface area contributed by atoms with Gasteiger partial charge in [-0.25, -0.2) is 9.67 Å². The molecule has 2 aromatic heterocycles. The first-order chi connectivity index (χ1) is 18.8. The Balaban J connectivity index is 1.22. The fourth-order valence-electron chi connectivity index (χ4n) is 4.26. The third-order valence-corrected chi connectivity index (χ3v) is 6.46. The zero-order chi connectivity index (χ0) is 27.4. The first-order valence-electron chi connectivity index (χ1n) is 12.4. The molecule has 4 aromatic rings. The second-order valence-electron chi connectivity index (χ2n) is 9.02. The molecule has 0 saturated carbocycles. The van der Waals surface area contributed by atoms with Crippen molar-refractivity contribution in [3.05, 3.63) is 60.3 Å². The average Bonchev–Trinajstić information content (AvgIpc) is 3.25. The van der Waals surface area contributed by atoms with Crippen LogP contribution in [0.2, 0.25) is 0 Å². The molecular weight excluding hydrogens is 529 g/mol. The minimum absolute atomic E-state index is 0.174. The van der Waals surface area contributed by atoms with Crippen molar-refractivity contribution in [2.75, 3.05) is 55.3 Å². The number of ether oxygens (including phenoxy) is 1. The van der Waals surface area contributed by atoms with Gasteiger partial charge in [0.15, 0.2) is 10.8 Å². The molecule has 5 rings (SSSR count). The zero-order valence-corrected chi connectivity index (χ0v) is 21.9. The molecule has 3 N–H and O–H groups in total. The fourth-order valence-corrected chi connectivity index (χ4v) is 4.50. The molecule has 0 aliphatic carbocycles. The minimum atomic E-state index is -4.43. The molecule has 9 nitrogen and oxygen atoms in total. The number of hydrogen-bond acceptors (Lipinski definition) is 7. The molecule has 0 spiro atoms. The number of thiocarbonyl (C=S) groups is 1. The standard InChI is InChI=1S/C26H27F3N8OS/c1-36-23-21(16-31-24(34-23)30-9-10-37-11-13-38-14-12-37)22(35-36)17-5-7-19(8-6-17)32-25(39)33-20-4-2-3-18(15-20)26(27,28)29/h2-8,15-16H,9-14H2,1H3,(H,30,31,34)(H2,32,33,39). The van der Waals surface area contributed by atoms with Gasteiger partial charge >= 0.3 is 6.18 Å². The van der Waals surface area contributed by atoms with Gasteiger partial charge in [-0.2, -0.15) is 23.3 Å². The Morgan fingerprint density at radius 1 is 1.05 bits per heavy atom. The number of halogens is 3. The van der Waals surface area contributed by atoms with Gasteiger partial charge in [0.1, 0.15) is 5.69 Å². The number of hydrogen-bond donors (Lipinski definition) is 3. The maximum absolute atomic E-state index is 13.0. The molecule has 0 radical (unpaired) electrons. The summed E-state index contributed by atoms with van der Waals surface area (Å²) in [7, 11) is 1.84. The summed E-state index contributed by atoms with van der Waals surface area (Å²) >= 11 is 5.28. The quantitative estimate of drug-likeness (QED) is 0.283. The van der Waals surface area contributed by atoms with Gasteiger partial charge in [-0.3, -0.25) is 4.90 Å². The second-order valence-corrected chi connectivity index (χ2v) is 9.43. The van der Waals surface area contributed by atoms with Gasteiger partial charge < -0.3 is 20.7 Å². The first-order valence-corrected chi connectivity index (χ1v) is 12.8. The average molecular weight is 557 g/mol. The van der Waals surface area contributed by atoms with E-state index in [1.165, 1.54) is 12.1 Å². The van der Waals surface area contributed by atoms with Crippen LogP contribution in [0.15, 0.2) is 54.7 Å². The molecule has 2 aromatic carbocycles. The number of aromatic nitrogens is 4. The first kappa shape index (κ1) is 26.8. The topological polar surface area (TPSA) is 92.2 Å². The number of benzene rings is 2. The molecule has 0 bridgehead atoms. The highest BCUT2D eigenvalue weighted by Crippen LogP contribution is 2.31. The van der Waals surface area contributed by atoms with Gasteiger partial charge in [0.05, 0.1) is 24.2 Å². The number of rotatable bonds is 7. The Kier molecular flexibility index (Phi) is 7.91. The van der Waals surface area contributed by atoms with Crippen LogP contribution < -0.4 is 16.0 Å². The number of alkyl halides is 3. The van der Waals surface area contributed by atoms with E-state index in [1.807, 2.05) is 31.3 Å². The number of morpholine rings is 1. The van der Waals surface area contributed by atoms with E-state index in [0.29, 0.717) is 17.3 Å². The number of fused-ring (bicyclic) bond motifs is 1. The Hall–Kier alpha value is -3.81. The lowest BCUT2D eigenvalue weighted by molar-refractivity contribution is -0.137. The lowest BCUT2D eigenvalue weighted by Gasteiger charge is -2.26. The lowest BCUT2D eigenvalue weighted by Crippen LogP contribution is -2.39. The molecule has 204 valence electrons. The van der Waals surface area contributed by atoms with E-state index in [2.05, 4.69) is 35.9 Å². The van der Waals surface area contributed by atoms with Crippen LogP contribution in [0.25, 0.3) is 22.3 Å². The van der Waals surface area contributed by atoms with Crippen molar-refractivity contribution < 1.29 is 17.9 Å². The summed E-state index contributed by atoms with van der Waals surface area (Å²) in [6, 6.07) is 12.3. The molecule has 1 aliphatic rings. The number of anilines is 3. The normalized spacial score (nSPS) is 14.4. The largest absolute Gasteiger partial charge is 0.416 e. The van der Waals surface area contributed by atoms with Crippen LogP contribution in [-0.4, -0.2) is 69.2 Å². The molecular formula is C26H27F3N8OS. The Bertz CT molecular complexity index is 1450. The predicted octanol–water partition coefficient (Wildman–Crippen LogP) is 4.60. The summed E-state index contributed by atoms with van der Waals surface area (Å²) in [6.45, 7) is 5.01. The molecule has 39 heavy (non-hydrogen) atoms. The van der Waals surface area contributed by atoms with Crippen molar-refractivity contribution in [3.8, 4) is 11.3 Å². The Labute approximate surface area is 228 Å². The van der Waals surface area contributed by atoms with Crippen LogP contribution in [-0.2, 0) is 18.0 Å². The van der Waals surface area contributed by atoms with Crippen LogP contribution in [0, 0.1) is 0 Å². The molecule has 13 heteroatoms. The van der Waals surface area contributed by atoms with E-state index in [-0.39, 0.29) is 10.8 Å². The van der Waals surface area contributed by atoms with E-state index in [0.717, 1.165) is 68.2 Å². The molecule has 3 heterocycles. The number of aryl methyl sites for hydroxylation is 1. The van der Waals surface area contributed by atoms with E-state index in [4.69, 9.17) is 17.0 Å². The lowest BCUT2D eigenvalue weighted by atomic mass is 10.1. The summed E-state index contributed by atoms with van der Waals surface area (Å²) in [5.41, 5.74) is 2.48. The van der Waals surface area contributed by atoms with Gasteiger partial charge in [0.25, 0.3) is 0 Å². The van der Waals surface area contributed by atoms with Gasteiger partial charge in [-0.1, -0.05) is 18.2 Å².